The zero-order valence-corrected chi connectivity index (χ0v) is 16.4. The number of halogens is 3. The van der Waals surface area contributed by atoms with Crippen molar-refractivity contribution in [2.75, 3.05) is 18.4 Å². The molecule has 3 aromatic rings. The molecule has 0 aliphatic heterocycles. The third-order valence-corrected chi connectivity index (χ3v) is 4.68. The number of carbonyl (C=O) groups excluding carboxylic acids is 1. The molecule has 30 heavy (non-hydrogen) atoms. The number of hydrogen-bond acceptors (Lipinski definition) is 3. The minimum absolute atomic E-state index is 0.0366. The van der Waals surface area contributed by atoms with Gasteiger partial charge < -0.3 is 19.7 Å². The van der Waals surface area contributed by atoms with Crippen molar-refractivity contribution >= 4 is 22.7 Å². The minimum atomic E-state index is -4.50. The monoisotopic (exact) mass is 420 g/mol. The summed E-state index contributed by atoms with van der Waals surface area (Å²) in [6.45, 7) is 2.25. The minimum Gasteiger partial charge on any atom is -0.458 e. The van der Waals surface area contributed by atoms with Gasteiger partial charge in [0.25, 0.3) is 0 Å². The third kappa shape index (κ3) is 5.33. The average molecular weight is 420 g/mol. The lowest BCUT2D eigenvalue weighted by Crippen LogP contribution is -2.38. The van der Waals surface area contributed by atoms with E-state index in [0.29, 0.717) is 24.3 Å². The Morgan fingerprint density at radius 1 is 1.17 bits per heavy atom. The van der Waals surface area contributed by atoms with E-state index in [1.54, 1.807) is 12.1 Å². The number of urea groups is 1. The van der Waals surface area contributed by atoms with E-state index < -0.39 is 23.9 Å². The molecule has 0 aliphatic rings. The van der Waals surface area contributed by atoms with Crippen LogP contribution in [0.4, 0.5) is 23.7 Å². The molecule has 0 fully saturated rings. The maximum Gasteiger partial charge on any atom is 0.416 e. The summed E-state index contributed by atoms with van der Waals surface area (Å²) in [6, 6.07) is 12.9. The van der Waals surface area contributed by atoms with E-state index in [1.807, 2.05) is 25.1 Å². The number of carbonyl (C=O) groups is 1. The van der Waals surface area contributed by atoms with Crippen LogP contribution in [0.1, 0.15) is 37.2 Å². The maximum absolute atomic E-state index is 12.9. The first-order chi connectivity index (χ1) is 14.3. The molecule has 8 heteroatoms. The van der Waals surface area contributed by atoms with E-state index in [4.69, 9.17) is 4.42 Å². The first-order valence-corrected chi connectivity index (χ1v) is 9.67. The zero-order chi connectivity index (χ0) is 21.7. The Labute approximate surface area is 172 Å². The number of para-hydroxylation sites is 1. The number of anilines is 1. The highest BCUT2D eigenvalue weighted by molar-refractivity contribution is 5.89. The van der Waals surface area contributed by atoms with Gasteiger partial charge in [-0.3, -0.25) is 0 Å². The summed E-state index contributed by atoms with van der Waals surface area (Å²) in [6.07, 6.45) is -4.07. The van der Waals surface area contributed by atoms with Crippen LogP contribution in [-0.2, 0) is 6.18 Å². The van der Waals surface area contributed by atoms with Gasteiger partial charge in [0.05, 0.1) is 12.1 Å². The first kappa shape index (κ1) is 21.7. The van der Waals surface area contributed by atoms with Crippen LogP contribution in [0.2, 0.25) is 0 Å². The molecule has 1 aromatic heterocycles. The van der Waals surface area contributed by atoms with Crippen LogP contribution in [0, 0.1) is 0 Å². The third-order valence-electron chi connectivity index (χ3n) is 4.68. The summed E-state index contributed by atoms with van der Waals surface area (Å²) in [5, 5.41) is 13.9. The molecule has 5 nitrogen and oxygen atoms in total. The summed E-state index contributed by atoms with van der Waals surface area (Å²) < 4.78 is 44.4. The van der Waals surface area contributed by atoms with Crippen LogP contribution < -0.4 is 5.32 Å². The number of unbranched alkanes of at least 4 members (excludes halogenated alkanes) is 1. The number of alkyl halides is 3. The van der Waals surface area contributed by atoms with Gasteiger partial charge in [-0.2, -0.15) is 13.2 Å². The second kappa shape index (κ2) is 9.21. The summed E-state index contributed by atoms with van der Waals surface area (Å²) in [4.78, 5) is 14.1. The number of nitrogens with zero attached hydrogens (tertiary/aromatic N) is 1. The summed E-state index contributed by atoms with van der Waals surface area (Å²) in [5.74, 6) is 0.324. The molecule has 0 saturated heterocycles. The van der Waals surface area contributed by atoms with Crippen LogP contribution >= 0.6 is 0 Å². The molecule has 0 radical (unpaired) electrons. The van der Waals surface area contributed by atoms with Crippen LogP contribution in [-0.4, -0.2) is 29.1 Å². The van der Waals surface area contributed by atoms with Crippen molar-refractivity contribution in [3.63, 3.8) is 0 Å². The maximum atomic E-state index is 12.9. The van der Waals surface area contributed by atoms with E-state index in [0.717, 1.165) is 23.9 Å². The molecule has 2 aromatic carbocycles. The zero-order valence-electron chi connectivity index (χ0n) is 16.4. The van der Waals surface area contributed by atoms with Gasteiger partial charge in [-0.05, 0) is 36.8 Å². The summed E-state index contributed by atoms with van der Waals surface area (Å²) >= 11 is 0. The number of amides is 2. The van der Waals surface area contributed by atoms with E-state index in [2.05, 4.69) is 5.32 Å². The Balaban J connectivity index is 1.73. The van der Waals surface area contributed by atoms with Crippen molar-refractivity contribution < 1.29 is 27.5 Å². The van der Waals surface area contributed by atoms with E-state index in [-0.39, 0.29) is 12.2 Å². The van der Waals surface area contributed by atoms with Crippen LogP contribution in [0.25, 0.3) is 11.0 Å². The second-order valence-electron chi connectivity index (χ2n) is 7.01. The van der Waals surface area contributed by atoms with Crippen molar-refractivity contribution in [1.82, 2.24) is 4.90 Å². The van der Waals surface area contributed by atoms with Crippen molar-refractivity contribution in [1.29, 1.82) is 0 Å². The van der Waals surface area contributed by atoms with Gasteiger partial charge in [-0.1, -0.05) is 37.6 Å². The van der Waals surface area contributed by atoms with Gasteiger partial charge in [0.15, 0.2) is 0 Å². The fraction of sp³-hybridized carbons (Fsp3) is 0.318. The van der Waals surface area contributed by atoms with Crippen LogP contribution in [0.3, 0.4) is 0 Å². The summed E-state index contributed by atoms with van der Waals surface area (Å²) in [5.41, 5.74) is -0.183. The molecule has 0 bridgehead atoms. The van der Waals surface area contributed by atoms with E-state index in [9.17, 15) is 23.1 Å². The predicted molar refractivity (Wildman–Crippen MR) is 108 cm³/mol. The average Bonchev–Trinajstić information content (AvgIpc) is 3.15. The predicted octanol–water partition coefficient (Wildman–Crippen LogP) is 5.82. The molecule has 0 aliphatic carbocycles. The molecule has 3 rings (SSSR count). The van der Waals surface area contributed by atoms with E-state index >= 15 is 0 Å². The van der Waals surface area contributed by atoms with Gasteiger partial charge >= 0.3 is 12.2 Å². The number of furan rings is 1. The molecule has 0 saturated carbocycles. The lowest BCUT2D eigenvalue weighted by atomic mass is 10.2. The van der Waals surface area contributed by atoms with Gasteiger partial charge in [0.2, 0.25) is 0 Å². The van der Waals surface area contributed by atoms with Gasteiger partial charge in [0.1, 0.15) is 17.4 Å². The molecule has 0 unspecified atom stereocenters. The molecular formula is C22H23F3N2O3. The number of benzene rings is 2. The SMILES string of the molecule is CCCCN(C[C@@H](O)c1cc2ccccc2o1)C(=O)Nc1cccc(C(F)(F)F)c1. The Morgan fingerprint density at radius 3 is 2.63 bits per heavy atom. The van der Waals surface area contributed by atoms with Gasteiger partial charge in [-0.25, -0.2) is 4.79 Å². The highest BCUT2D eigenvalue weighted by atomic mass is 19.4. The number of fused-ring (bicyclic) bond motifs is 1. The summed E-state index contributed by atoms with van der Waals surface area (Å²) in [7, 11) is 0. The van der Waals surface area contributed by atoms with Crippen molar-refractivity contribution in [2.24, 2.45) is 0 Å². The fourth-order valence-electron chi connectivity index (χ4n) is 3.07. The molecule has 2 N–H and O–H groups in total. The van der Waals surface area contributed by atoms with Crippen molar-refractivity contribution in [2.45, 2.75) is 32.0 Å². The quantitative estimate of drug-likeness (QED) is 0.506. The number of nitrogens with one attached hydrogen (secondary N) is 1. The lowest BCUT2D eigenvalue weighted by Gasteiger charge is -2.25. The van der Waals surface area contributed by atoms with Crippen molar-refractivity contribution in [3.05, 3.63) is 65.9 Å². The Hall–Kier alpha value is -3.00. The molecule has 1 heterocycles. The van der Waals surface area contributed by atoms with Crippen LogP contribution in [0.5, 0.6) is 0 Å². The topological polar surface area (TPSA) is 65.7 Å². The molecule has 160 valence electrons. The Kier molecular flexibility index (Phi) is 6.66. The molecule has 1 atom stereocenters. The van der Waals surface area contributed by atoms with Crippen molar-refractivity contribution in [3.8, 4) is 0 Å². The first-order valence-electron chi connectivity index (χ1n) is 9.67. The number of hydrogen-bond donors (Lipinski definition) is 2. The smallest absolute Gasteiger partial charge is 0.416 e. The standard InChI is InChI=1S/C22H23F3N2O3/c1-2-3-11-27(14-18(28)20-12-15-7-4-5-10-19(15)30-20)21(29)26-17-9-6-8-16(13-17)22(23,24)25/h4-10,12-13,18,28H,2-3,11,14H2,1H3,(H,26,29)/t18-/m1/s1. The lowest BCUT2D eigenvalue weighted by molar-refractivity contribution is -0.137. The highest BCUT2D eigenvalue weighted by Gasteiger charge is 2.30. The molecule has 2 amide bonds. The van der Waals surface area contributed by atoms with Crippen LogP contribution in [0.15, 0.2) is 59.0 Å². The Morgan fingerprint density at radius 2 is 1.93 bits per heavy atom. The van der Waals surface area contributed by atoms with Gasteiger partial charge in [-0.15, -0.1) is 0 Å². The molecule has 0 spiro atoms. The second-order valence-corrected chi connectivity index (χ2v) is 7.01. The normalized spacial score (nSPS) is 12.7. The highest BCUT2D eigenvalue weighted by Crippen LogP contribution is 2.31. The number of aliphatic hydroxyl groups excluding tert-OH is 1. The molecular weight excluding hydrogens is 397 g/mol. The largest absolute Gasteiger partial charge is 0.458 e. The number of rotatable bonds is 7. The fourth-order valence-corrected chi connectivity index (χ4v) is 3.07. The Bertz CT molecular complexity index is 967. The number of aliphatic hydroxyl groups is 1. The van der Waals surface area contributed by atoms with Gasteiger partial charge in [0, 0.05) is 17.6 Å². The van der Waals surface area contributed by atoms with E-state index in [1.165, 1.54) is 17.0 Å².